The molecule has 38 heavy (non-hydrogen) atoms. The zero-order valence-electron chi connectivity index (χ0n) is 22.7. The maximum atomic E-state index is 12.1. The fourth-order valence-electron chi connectivity index (χ4n) is 4.85. The summed E-state index contributed by atoms with van der Waals surface area (Å²) >= 11 is 0. The number of esters is 1. The number of aromatic nitrogens is 1. The molecule has 8 nitrogen and oxygen atoms in total. The molecule has 2 aromatic carbocycles. The lowest BCUT2D eigenvalue weighted by molar-refractivity contribution is -0.149. The summed E-state index contributed by atoms with van der Waals surface area (Å²) in [6.07, 6.45) is 6.66. The van der Waals surface area contributed by atoms with Gasteiger partial charge < -0.3 is 28.2 Å². The molecule has 3 aromatic rings. The van der Waals surface area contributed by atoms with Gasteiger partial charge in [-0.2, -0.15) is 0 Å². The summed E-state index contributed by atoms with van der Waals surface area (Å²) in [5.41, 5.74) is 3.99. The van der Waals surface area contributed by atoms with Crippen molar-refractivity contribution in [3.05, 3.63) is 53.2 Å². The highest BCUT2D eigenvalue weighted by molar-refractivity contribution is 5.75. The predicted octanol–water partition coefficient (Wildman–Crippen LogP) is 5.97. The number of carbonyl (C=O) groups excluding carboxylic acids is 1. The number of rotatable bonds is 13. The van der Waals surface area contributed by atoms with Gasteiger partial charge in [0.2, 0.25) is 0 Å². The van der Waals surface area contributed by atoms with Crippen molar-refractivity contribution in [2.45, 2.75) is 64.9 Å². The number of aryl methyl sites for hydroxylation is 1. The van der Waals surface area contributed by atoms with E-state index in [1.807, 2.05) is 30.3 Å². The van der Waals surface area contributed by atoms with Gasteiger partial charge in [-0.3, -0.25) is 0 Å². The summed E-state index contributed by atoms with van der Waals surface area (Å²) < 4.78 is 34.5. The van der Waals surface area contributed by atoms with Crippen LogP contribution in [0, 0.1) is 0 Å². The molecule has 1 unspecified atom stereocenters. The third-order valence-electron chi connectivity index (χ3n) is 6.63. The number of carbonyl (C=O) groups is 1. The monoisotopic (exact) mass is 523 g/mol. The summed E-state index contributed by atoms with van der Waals surface area (Å²) in [5.74, 6) is 3.44. The van der Waals surface area contributed by atoms with Crippen LogP contribution in [-0.4, -0.2) is 44.7 Å². The number of ether oxygens (including phenoxy) is 5. The molecule has 1 aliphatic heterocycles. The molecule has 0 N–H and O–H groups in total. The van der Waals surface area contributed by atoms with Crippen molar-refractivity contribution in [2.75, 3.05) is 27.4 Å². The van der Waals surface area contributed by atoms with Gasteiger partial charge in [0, 0.05) is 23.6 Å². The van der Waals surface area contributed by atoms with Crippen molar-refractivity contribution in [2.24, 2.45) is 0 Å². The Kier molecular flexibility index (Phi) is 9.51. The van der Waals surface area contributed by atoms with Gasteiger partial charge in [0.15, 0.2) is 11.9 Å². The molecule has 0 spiro atoms. The van der Waals surface area contributed by atoms with E-state index in [0.717, 1.165) is 77.4 Å². The molecule has 4 rings (SSSR count). The Labute approximate surface area is 224 Å². The predicted molar refractivity (Wildman–Crippen MR) is 143 cm³/mol. The third kappa shape index (κ3) is 6.06. The molecule has 1 aromatic heterocycles. The van der Waals surface area contributed by atoms with Gasteiger partial charge in [0.25, 0.3) is 0 Å². The molecule has 0 amide bonds. The molecule has 1 atom stereocenters. The molecule has 0 aliphatic carbocycles. The highest BCUT2D eigenvalue weighted by Crippen LogP contribution is 2.40. The Bertz CT molecular complexity index is 1210. The van der Waals surface area contributed by atoms with Gasteiger partial charge in [-0.25, -0.2) is 4.79 Å². The zero-order valence-corrected chi connectivity index (χ0v) is 22.7. The van der Waals surface area contributed by atoms with Crippen LogP contribution in [0.15, 0.2) is 41.1 Å². The van der Waals surface area contributed by atoms with E-state index in [-0.39, 0.29) is 5.97 Å². The molecule has 204 valence electrons. The first-order valence-electron chi connectivity index (χ1n) is 13.4. The van der Waals surface area contributed by atoms with Gasteiger partial charge >= 0.3 is 5.97 Å². The normalized spacial score (nSPS) is 14.4. The lowest BCUT2D eigenvalue weighted by Gasteiger charge is -2.27. The number of methoxy groups -OCH3 is 2. The maximum Gasteiger partial charge on any atom is 0.347 e. The molecule has 0 radical (unpaired) electrons. The highest BCUT2D eigenvalue weighted by atomic mass is 16.6. The van der Waals surface area contributed by atoms with Crippen LogP contribution in [0.25, 0.3) is 11.3 Å². The van der Waals surface area contributed by atoms with Crippen LogP contribution >= 0.6 is 0 Å². The highest BCUT2D eigenvalue weighted by Gasteiger charge is 2.29. The molecule has 1 aliphatic rings. The molecule has 0 saturated carbocycles. The van der Waals surface area contributed by atoms with E-state index in [1.54, 1.807) is 13.3 Å². The number of hydrogen-bond acceptors (Lipinski definition) is 8. The van der Waals surface area contributed by atoms with Crippen molar-refractivity contribution in [3.63, 3.8) is 0 Å². The van der Waals surface area contributed by atoms with Crippen LogP contribution in [0.3, 0.4) is 0 Å². The van der Waals surface area contributed by atoms with Crippen molar-refractivity contribution >= 4 is 5.97 Å². The molecule has 0 bridgehead atoms. The Balaban J connectivity index is 1.41. The molecule has 2 heterocycles. The number of benzene rings is 2. The van der Waals surface area contributed by atoms with Gasteiger partial charge in [-0.05, 0) is 49.4 Å². The summed E-state index contributed by atoms with van der Waals surface area (Å²) in [6.45, 7) is 5.23. The minimum Gasteiger partial charge on any atom is -0.496 e. The fraction of sp³-hybridized carbons (Fsp3) is 0.467. The summed E-state index contributed by atoms with van der Waals surface area (Å²) in [6, 6.07) is 9.77. The smallest absolute Gasteiger partial charge is 0.347 e. The molecule has 0 saturated heterocycles. The average Bonchev–Trinajstić information content (AvgIpc) is 3.48. The van der Waals surface area contributed by atoms with Crippen molar-refractivity contribution < 1.29 is 33.0 Å². The van der Waals surface area contributed by atoms with E-state index in [2.05, 4.69) is 19.0 Å². The van der Waals surface area contributed by atoms with Crippen LogP contribution in [-0.2, 0) is 28.8 Å². The first-order chi connectivity index (χ1) is 18.6. The lowest BCUT2D eigenvalue weighted by atomic mass is 9.96. The minimum atomic E-state index is -0.573. The zero-order chi connectivity index (χ0) is 26.9. The number of fused-ring (bicyclic) bond motifs is 1. The van der Waals surface area contributed by atoms with E-state index in [0.29, 0.717) is 31.8 Å². The SMILES string of the molecule is CCCc1c(OCCCOc2ccc(-c3ccno3)c(OC)c2CCC)ccc2c1OC(C(=O)OC)CC2. The van der Waals surface area contributed by atoms with E-state index < -0.39 is 6.10 Å². The van der Waals surface area contributed by atoms with Gasteiger partial charge in [-0.1, -0.05) is 37.9 Å². The lowest BCUT2D eigenvalue weighted by Crippen LogP contribution is -2.32. The summed E-state index contributed by atoms with van der Waals surface area (Å²) in [5, 5.41) is 3.82. The standard InChI is InChI=1S/C30H37NO7/c1-5-8-21-24(13-10-20-11-14-27(30(32)34-4)37-28(20)21)35-18-7-19-36-25-15-12-23(26-16-17-31-38-26)29(33-3)22(25)9-6-2/h10,12-13,15-17,27H,5-9,11,14,18-19H2,1-4H3. The van der Waals surface area contributed by atoms with Gasteiger partial charge in [-0.15, -0.1) is 0 Å². The quantitative estimate of drug-likeness (QED) is 0.200. The van der Waals surface area contributed by atoms with Crippen LogP contribution in [0.1, 0.15) is 56.2 Å². The molecule has 0 fully saturated rings. The van der Waals surface area contributed by atoms with Crippen molar-refractivity contribution in [1.82, 2.24) is 5.16 Å². The topological polar surface area (TPSA) is 89.3 Å². The molecule has 8 heteroatoms. The van der Waals surface area contributed by atoms with Crippen molar-refractivity contribution in [1.29, 1.82) is 0 Å². The Hall–Kier alpha value is -3.68. The minimum absolute atomic E-state index is 0.338. The first-order valence-corrected chi connectivity index (χ1v) is 13.4. The van der Waals surface area contributed by atoms with E-state index >= 15 is 0 Å². The second-order valence-corrected chi connectivity index (χ2v) is 9.25. The Morgan fingerprint density at radius 3 is 2.34 bits per heavy atom. The van der Waals surface area contributed by atoms with Gasteiger partial charge in [0.05, 0.1) is 39.2 Å². The third-order valence-corrected chi connectivity index (χ3v) is 6.63. The first kappa shape index (κ1) is 27.4. The van der Waals surface area contributed by atoms with E-state index in [4.69, 9.17) is 28.2 Å². The van der Waals surface area contributed by atoms with Crippen LogP contribution in [0.2, 0.25) is 0 Å². The second-order valence-electron chi connectivity index (χ2n) is 9.25. The summed E-state index contributed by atoms with van der Waals surface area (Å²) in [4.78, 5) is 12.1. The average molecular weight is 524 g/mol. The van der Waals surface area contributed by atoms with Crippen LogP contribution < -0.4 is 18.9 Å². The van der Waals surface area contributed by atoms with Gasteiger partial charge in [0.1, 0.15) is 23.0 Å². The Morgan fingerprint density at radius 1 is 0.974 bits per heavy atom. The number of nitrogens with zero attached hydrogens (tertiary/aromatic N) is 1. The van der Waals surface area contributed by atoms with Crippen LogP contribution in [0.5, 0.6) is 23.0 Å². The van der Waals surface area contributed by atoms with Crippen LogP contribution in [0.4, 0.5) is 0 Å². The molecular formula is C30H37NO7. The van der Waals surface area contributed by atoms with E-state index in [9.17, 15) is 4.79 Å². The fourth-order valence-corrected chi connectivity index (χ4v) is 4.85. The maximum absolute atomic E-state index is 12.1. The summed E-state index contributed by atoms with van der Waals surface area (Å²) in [7, 11) is 3.05. The second kappa shape index (κ2) is 13.2. The van der Waals surface area contributed by atoms with Crippen molar-refractivity contribution in [3.8, 4) is 34.3 Å². The number of hydrogen-bond donors (Lipinski definition) is 0. The Morgan fingerprint density at radius 2 is 1.68 bits per heavy atom. The molecular weight excluding hydrogens is 486 g/mol. The largest absolute Gasteiger partial charge is 0.496 e. The van der Waals surface area contributed by atoms with E-state index in [1.165, 1.54) is 7.11 Å².